The van der Waals surface area contributed by atoms with Gasteiger partial charge < -0.3 is 10.4 Å². The highest BCUT2D eigenvalue weighted by Crippen LogP contribution is 2.35. The van der Waals surface area contributed by atoms with Crippen LogP contribution in [-0.2, 0) is 14.4 Å². The van der Waals surface area contributed by atoms with Gasteiger partial charge in [0.15, 0.2) is 11.6 Å². The standard InChI is InChI=1S/C19H31NO4/c1-13(2)10-14(20-9-7-5-6-8-17(23)24)18-15(21)11-19(3,4)12-16(18)22/h13,20H,5-12H2,1-4H3,(H,23,24). The summed E-state index contributed by atoms with van der Waals surface area (Å²) in [5, 5.41) is 11.9. The van der Waals surface area contributed by atoms with E-state index < -0.39 is 5.97 Å². The van der Waals surface area contributed by atoms with Gasteiger partial charge in [-0.2, -0.15) is 0 Å². The summed E-state index contributed by atoms with van der Waals surface area (Å²) in [6.45, 7) is 8.71. The molecular formula is C19H31NO4. The Hall–Kier alpha value is -1.65. The summed E-state index contributed by atoms with van der Waals surface area (Å²) < 4.78 is 0. The summed E-state index contributed by atoms with van der Waals surface area (Å²) >= 11 is 0. The molecule has 0 amide bonds. The predicted molar refractivity (Wildman–Crippen MR) is 93.6 cm³/mol. The smallest absolute Gasteiger partial charge is 0.303 e. The van der Waals surface area contributed by atoms with Crippen molar-refractivity contribution in [3.8, 4) is 0 Å². The Morgan fingerprint density at radius 2 is 1.71 bits per heavy atom. The first-order chi connectivity index (χ1) is 11.1. The minimum absolute atomic E-state index is 0.0507. The SMILES string of the molecule is CC(C)CC(NCCCCCC(=O)O)=C1C(=O)CC(C)(C)CC1=O. The summed E-state index contributed by atoms with van der Waals surface area (Å²) in [7, 11) is 0. The van der Waals surface area contributed by atoms with E-state index in [0.29, 0.717) is 43.7 Å². The zero-order valence-electron chi connectivity index (χ0n) is 15.4. The van der Waals surface area contributed by atoms with Gasteiger partial charge in [0.1, 0.15) is 0 Å². The lowest BCUT2D eigenvalue weighted by Crippen LogP contribution is -2.34. The van der Waals surface area contributed by atoms with Crippen molar-refractivity contribution in [1.82, 2.24) is 5.32 Å². The molecule has 0 saturated heterocycles. The highest BCUT2D eigenvalue weighted by Gasteiger charge is 2.37. The lowest BCUT2D eigenvalue weighted by atomic mass is 9.73. The fraction of sp³-hybridized carbons (Fsp3) is 0.737. The molecule has 0 aliphatic heterocycles. The molecule has 1 fully saturated rings. The molecule has 5 nitrogen and oxygen atoms in total. The van der Waals surface area contributed by atoms with E-state index in [9.17, 15) is 14.4 Å². The number of hydrogen-bond donors (Lipinski definition) is 2. The Morgan fingerprint density at radius 3 is 2.21 bits per heavy atom. The molecule has 0 heterocycles. The number of unbranched alkanes of at least 4 members (excludes halogenated alkanes) is 2. The fourth-order valence-electron chi connectivity index (χ4n) is 3.09. The molecule has 0 aromatic rings. The molecule has 2 N–H and O–H groups in total. The van der Waals surface area contributed by atoms with Crippen molar-refractivity contribution in [3.05, 3.63) is 11.3 Å². The molecule has 0 aromatic carbocycles. The summed E-state index contributed by atoms with van der Waals surface area (Å²) in [6.07, 6.45) is 3.99. The Bertz CT molecular complexity index is 495. The second-order valence-electron chi connectivity index (χ2n) is 7.95. The molecular weight excluding hydrogens is 306 g/mol. The Morgan fingerprint density at radius 1 is 1.12 bits per heavy atom. The van der Waals surface area contributed by atoms with Crippen LogP contribution in [0.3, 0.4) is 0 Å². The van der Waals surface area contributed by atoms with Crippen LogP contribution in [0.25, 0.3) is 0 Å². The zero-order chi connectivity index (χ0) is 18.3. The summed E-state index contributed by atoms with van der Waals surface area (Å²) in [5.74, 6) is -0.523. The number of carbonyl (C=O) groups is 3. The minimum atomic E-state index is -0.772. The van der Waals surface area contributed by atoms with Gasteiger partial charge >= 0.3 is 5.97 Å². The molecule has 0 radical (unpaired) electrons. The maximum Gasteiger partial charge on any atom is 0.303 e. The van der Waals surface area contributed by atoms with Crippen molar-refractivity contribution >= 4 is 17.5 Å². The van der Waals surface area contributed by atoms with Crippen molar-refractivity contribution in [2.45, 2.75) is 72.6 Å². The van der Waals surface area contributed by atoms with Crippen LogP contribution in [0.5, 0.6) is 0 Å². The predicted octanol–water partition coefficient (Wildman–Crippen LogP) is 3.48. The van der Waals surface area contributed by atoms with Crippen molar-refractivity contribution < 1.29 is 19.5 Å². The first-order valence-corrected chi connectivity index (χ1v) is 8.87. The normalized spacial score (nSPS) is 17.3. The lowest BCUT2D eigenvalue weighted by Gasteiger charge is -2.30. The van der Waals surface area contributed by atoms with Gasteiger partial charge in [-0.05, 0) is 30.6 Å². The molecule has 0 spiro atoms. The highest BCUT2D eigenvalue weighted by molar-refractivity contribution is 6.22. The first-order valence-electron chi connectivity index (χ1n) is 8.87. The number of hydrogen-bond acceptors (Lipinski definition) is 4. The van der Waals surface area contributed by atoms with Crippen LogP contribution >= 0.6 is 0 Å². The molecule has 136 valence electrons. The Balaban J connectivity index is 2.72. The van der Waals surface area contributed by atoms with E-state index >= 15 is 0 Å². The van der Waals surface area contributed by atoms with Gasteiger partial charge in [0, 0.05) is 31.5 Å². The molecule has 0 atom stereocenters. The molecule has 1 aliphatic carbocycles. The zero-order valence-corrected chi connectivity index (χ0v) is 15.4. The maximum atomic E-state index is 12.5. The number of ketones is 2. The molecule has 1 saturated carbocycles. The highest BCUT2D eigenvalue weighted by atomic mass is 16.4. The Labute approximate surface area is 144 Å². The van der Waals surface area contributed by atoms with E-state index in [2.05, 4.69) is 19.2 Å². The molecule has 5 heteroatoms. The molecule has 1 aliphatic rings. The van der Waals surface area contributed by atoms with Crippen LogP contribution in [0.2, 0.25) is 0 Å². The first kappa shape index (κ1) is 20.4. The number of nitrogens with one attached hydrogen (secondary N) is 1. The quantitative estimate of drug-likeness (QED) is 0.382. The van der Waals surface area contributed by atoms with E-state index in [4.69, 9.17) is 5.11 Å². The molecule has 1 rings (SSSR count). The fourth-order valence-corrected chi connectivity index (χ4v) is 3.09. The molecule has 0 unspecified atom stereocenters. The van der Waals surface area contributed by atoms with Gasteiger partial charge in [-0.25, -0.2) is 0 Å². The third-order valence-corrected chi connectivity index (χ3v) is 4.16. The number of aliphatic carboxylic acids is 1. The topological polar surface area (TPSA) is 83.5 Å². The largest absolute Gasteiger partial charge is 0.481 e. The minimum Gasteiger partial charge on any atom is -0.481 e. The lowest BCUT2D eigenvalue weighted by molar-refractivity contribution is -0.137. The van der Waals surface area contributed by atoms with Crippen LogP contribution in [0.4, 0.5) is 0 Å². The van der Waals surface area contributed by atoms with Crippen molar-refractivity contribution in [2.75, 3.05) is 6.54 Å². The average molecular weight is 337 g/mol. The number of carbonyl (C=O) groups excluding carboxylic acids is 2. The summed E-state index contributed by atoms with van der Waals surface area (Å²) in [5.41, 5.74) is 0.888. The number of Topliss-reactive ketones (excluding diaryl/α,β-unsaturated/α-hetero) is 2. The maximum absolute atomic E-state index is 12.5. The van der Waals surface area contributed by atoms with Crippen molar-refractivity contribution in [2.24, 2.45) is 11.3 Å². The van der Waals surface area contributed by atoms with Gasteiger partial charge in [-0.3, -0.25) is 14.4 Å². The van der Waals surface area contributed by atoms with E-state index in [1.54, 1.807) is 0 Å². The third kappa shape index (κ3) is 6.85. The van der Waals surface area contributed by atoms with E-state index in [0.717, 1.165) is 18.5 Å². The number of rotatable bonds is 9. The van der Waals surface area contributed by atoms with Crippen LogP contribution in [0.15, 0.2) is 11.3 Å². The van der Waals surface area contributed by atoms with Gasteiger partial charge in [0.05, 0.1) is 5.57 Å². The number of carboxylic acids is 1. The van der Waals surface area contributed by atoms with Crippen LogP contribution in [0, 0.1) is 11.3 Å². The van der Waals surface area contributed by atoms with E-state index in [1.807, 2.05) is 13.8 Å². The van der Waals surface area contributed by atoms with Crippen LogP contribution in [0.1, 0.15) is 72.6 Å². The van der Waals surface area contributed by atoms with Crippen LogP contribution in [-0.4, -0.2) is 29.2 Å². The molecule has 0 bridgehead atoms. The van der Waals surface area contributed by atoms with Crippen LogP contribution < -0.4 is 5.32 Å². The summed E-state index contributed by atoms with van der Waals surface area (Å²) in [6, 6.07) is 0. The Kier molecular flexibility index (Phi) is 7.64. The number of carboxylic acid groups (broad SMARTS) is 1. The van der Waals surface area contributed by atoms with Gasteiger partial charge in [0.2, 0.25) is 0 Å². The molecule has 24 heavy (non-hydrogen) atoms. The molecule has 0 aromatic heterocycles. The van der Waals surface area contributed by atoms with Gasteiger partial charge in [-0.15, -0.1) is 0 Å². The van der Waals surface area contributed by atoms with Crippen molar-refractivity contribution in [3.63, 3.8) is 0 Å². The van der Waals surface area contributed by atoms with E-state index in [-0.39, 0.29) is 23.4 Å². The second kappa shape index (κ2) is 9.00. The van der Waals surface area contributed by atoms with E-state index in [1.165, 1.54) is 0 Å². The third-order valence-electron chi connectivity index (χ3n) is 4.16. The van der Waals surface area contributed by atoms with Gasteiger partial charge in [-0.1, -0.05) is 34.1 Å². The van der Waals surface area contributed by atoms with Crippen molar-refractivity contribution in [1.29, 1.82) is 0 Å². The second-order valence-corrected chi connectivity index (χ2v) is 7.95. The van der Waals surface area contributed by atoms with Gasteiger partial charge in [0.25, 0.3) is 0 Å². The number of allylic oxidation sites excluding steroid dienone is 2. The summed E-state index contributed by atoms with van der Waals surface area (Å²) in [4.78, 5) is 35.4. The monoisotopic (exact) mass is 337 g/mol. The average Bonchev–Trinajstić information content (AvgIpc) is 2.38.